The van der Waals surface area contributed by atoms with Gasteiger partial charge >= 0.3 is 0 Å². The van der Waals surface area contributed by atoms with E-state index >= 15 is 0 Å². The Hall–Kier alpha value is -1.36. The van der Waals surface area contributed by atoms with Crippen LogP contribution in [0, 0.1) is 5.92 Å². The van der Waals surface area contributed by atoms with Crippen LogP contribution in [-0.2, 0) is 10.3 Å². The zero-order valence-electron chi connectivity index (χ0n) is 12.2. The van der Waals surface area contributed by atoms with Crippen LogP contribution in [0.25, 0.3) is 0 Å². The van der Waals surface area contributed by atoms with Gasteiger partial charge in [-0.3, -0.25) is 9.48 Å². The lowest BCUT2D eigenvalue weighted by atomic mass is 9.87. The maximum Gasteiger partial charge on any atom is 0.250 e. The molecule has 1 amide bonds. The van der Waals surface area contributed by atoms with Crippen molar-refractivity contribution in [3.05, 3.63) is 18.5 Å². The third-order valence-electron chi connectivity index (χ3n) is 4.92. The molecule has 2 fully saturated rings. The van der Waals surface area contributed by atoms with Gasteiger partial charge in [0.2, 0.25) is 0 Å². The summed E-state index contributed by atoms with van der Waals surface area (Å²) in [5.41, 5.74) is -0.461. The highest BCUT2D eigenvalue weighted by atomic mass is 16.2. The molecule has 20 heavy (non-hydrogen) atoms. The van der Waals surface area contributed by atoms with Gasteiger partial charge in [-0.05, 0) is 44.3 Å². The lowest BCUT2D eigenvalue weighted by molar-refractivity contribution is -0.142. The Bertz CT molecular complexity index is 450. The summed E-state index contributed by atoms with van der Waals surface area (Å²) in [5, 5.41) is 7.74. The number of piperidine rings is 1. The van der Waals surface area contributed by atoms with Crippen molar-refractivity contribution in [2.24, 2.45) is 5.92 Å². The van der Waals surface area contributed by atoms with E-state index in [1.54, 1.807) is 6.20 Å². The molecule has 2 saturated heterocycles. The normalized spacial score (nSPS) is 25.9. The van der Waals surface area contributed by atoms with Crippen molar-refractivity contribution >= 4 is 5.91 Å². The predicted molar refractivity (Wildman–Crippen MR) is 77.3 cm³/mol. The van der Waals surface area contributed by atoms with Gasteiger partial charge in [-0.1, -0.05) is 13.3 Å². The van der Waals surface area contributed by atoms with Gasteiger partial charge in [0.05, 0.1) is 0 Å². The van der Waals surface area contributed by atoms with Gasteiger partial charge < -0.3 is 10.2 Å². The lowest BCUT2D eigenvalue weighted by Gasteiger charge is -2.39. The molecule has 3 heterocycles. The van der Waals surface area contributed by atoms with E-state index in [1.807, 2.05) is 16.9 Å². The number of hydrogen-bond donors (Lipinski definition) is 1. The molecular formula is C15H24N4O. The van der Waals surface area contributed by atoms with E-state index < -0.39 is 5.54 Å². The van der Waals surface area contributed by atoms with Crippen LogP contribution < -0.4 is 5.32 Å². The first-order valence-electron chi connectivity index (χ1n) is 7.76. The van der Waals surface area contributed by atoms with Crippen LogP contribution in [0.5, 0.6) is 0 Å². The molecule has 0 spiro atoms. The van der Waals surface area contributed by atoms with E-state index in [2.05, 4.69) is 22.2 Å². The smallest absolute Gasteiger partial charge is 0.250 e. The Labute approximate surface area is 120 Å². The fourth-order valence-electron chi connectivity index (χ4n) is 3.55. The first-order valence-corrected chi connectivity index (χ1v) is 7.76. The fourth-order valence-corrected chi connectivity index (χ4v) is 3.55. The van der Waals surface area contributed by atoms with Gasteiger partial charge in [0.1, 0.15) is 5.54 Å². The molecule has 1 aromatic rings. The molecule has 0 bridgehead atoms. The van der Waals surface area contributed by atoms with Crippen LogP contribution in [0.4, 0.5) is 0 Å². The van der Waals surface area contributed by atoms with Gasteiger partial charge in [-0.2, -0.15) is 5.10 Å². The van der Waals surface area contributed by atoms with Crippen LogP contribution in [0.15, 0.2) is 18.5 Å². The Morgan fingerprint density at radius 3 is 2.85 bits per heavy atom. The third-order valence-corrected chi connectivity index (χ3v) is 4.92. The number of nitrogens with one attached hydrogen (secondary N) is 1. The maximum atomic E-state index is 13.1. The monoisotopic (exact) mass is 276 g/mol. The first kappa shape index (κ1) is 13.6. The molecule has 3 rings (SSSR count). The van der Waals surface area contributed by atoms with Crippen LogP contribution in [0.2, 0.25) is 0 Å². The second-order valence-electron chi connectivity index (χ2n) is 6.05. The summed E-state index contributed by atoms with van der Waals surface area (Å²) in [6.45, 7) is 5.82. The zero-order valence-corrected chi connectivity index (χ0v) is 12.2. The average molecular weight is 276 g/mol. The van der Waals surface area contributed by atoms with Crippen molar-refractivity contribution in [3.8, 4) is 0 Å². The molecule has 110 valence electrons. The van der Waals surface area contributed by atoms with Gasteiger partial charge in [0.15, 0.2) is 0 Å². The molecule has 5 nitrogen and oxygen atoms in total. The predicted octanol–water partition coefficient (Wildman–Crippen LogP) is 1.22. The Morgan fingerprint density at radius 2 is 2.25 bits per heavy atom. The summed E-state index contributed by atoms with van der Waals surface area (Å²) in [6, 6.07) is 1.91. The van der Waals surface area contributed by atoms with Crippen molar-refractivity contribution in [2.75, 3.05) is 26.2 Å². The second-order valence-corrected chi connectivity index (χ2v) is 6.05. The highest BCUT2D eigenvalue weighted by Gasteiger charge is 2.45. The lowest BCUT2D eigenvalue weighted by Crippen LogP contribution is -2.55. The summed E-state index contributed by atoms with van der Waals surface area (Å²) in [7, 11) is 0. The molecule has 2 aliphatic heterocycles. The highest BCUT2D eigenvalue weighted by Crippen LogP contribution is 2.32. The zero-order chi connectivity index (χ0) is 14.0. The summed E-state index contributed by atoms with van der Waals surface area (Å²) < 4.78 is 1.90. The molecule has 5 heteroatoms. The molecule has 0 radical (unpaired) electrons. The highest BCUT2D eigenvalue weighted by molar-refractivity contribution is 5.85. The van der Waals surface area contributed by atoms with Gasteiger partial charge in [0.25, 0.3) is 5.91 Å². The van der Waals surface area contributed by atoms with E-state index in [9.17, 15) is 4.79 Å². The standard InChI is InChI=1S/C15H24N4O/c1-2-13-4-11-18(12-13)14(20)15(5-8-16-9-6-15)19-10-3-7-17-19/h3,7,10,13,16H,2,4-6,8-9,11-12H2,1H3. The molecule has 0 aromatic carbocycles. The molecule has 1 atom stereocenters. The molecule has 0 saturated carbocycles. The van der Waals surface area contributed by atoms with Crippen molar-refractivity contribution in [1.29, 1.82) is 0 Å². The summed E-state index contributed by atoms with van der Waals surface area (Å²) in [6.07, 6.45) is 7.70. The third kappa shape index (κ3) is 2.24. The second kappa shape index (κ2) is 5.56. The number of rotatable bonds is 3. The van der Waals surface area contributed by atoms with Crippen molar-refractivity contribution in [2.45, 2.75) is 38.1 Å². The van der Waals surface area contributed by atoms with Gasteiger partial charge in [-0.15, -0.1) is 0 Å². The van der Waals surface area contributed by atoms with E-state index in [0.29, 0.717) is 5.92 Å². The van der Waals surface area contributed by atoms with Crippen LogP contribution in [0.1, 0.15) is 32.6 Å². The van der Waals surface area contributed by atoms with E-state index in [-0.39, 0.29) is 5.91 Å². The minimum Gasteiger partial charge on any atom is -0.340 e. The van der Waals surface area contributed by atoms with E-state index in [1.165, 1.54) is 6.42 Å². The SMILES string of the molecule is CCC1CCN(C(=O)C2(n3cccn3)CCNCC2)C1. The Morgan fingerprint density at radius 1 is 1.45 bits per heavy atom. The summed E-state index contributed by atoms with van der Waals surface area (Å²) >= 11 is 0. The topological polar surface area (TPSA) is 50.2 Å². The average Bonchev–Trinajstić information content (AvgIpc) is 3.18. The van der Waals surface area contributed by atoms with Crippen LogP contribution in [0.3, 0.4) is 0 Å². The largest absolute Gasteiger partial charge is 0.340 e. The summed E-state index contributed by atoms with van der Waals surface area (Å²) in [4.78, 5) is 15.2. The molecule has 1 unspecified atom stereocenters. The molecular weight excluding hydrogens is 252 g/mol. The fraction of sp³-hybridized carbons (Fsp3) is 0.733. The Balaban J connectivity index is 1.84. The molecule has 2 aliphatic rings. The number of aromatic nitrogens is 2. The maximum absolute atomic E-state index is 13.1. The van der Waals surface area contributed by atoms with Crippen molar-refractivity contribution in [1.82, 2.24) is 20.0 Å². The number of hydrogen-bond acceptors (Lipinski definition) is 3. The van der Waals surface area contributed by atoms with Crippen LogP contribution in [-0.4, -0.2) is 46.8 Å². The quantitative estimate of drug-likeness (QED) is 0.903. The number of nitrogens with zero attached hydrogens (tertiary/aromatic N) is 3. The molecule has 1 N–H and O–H groups in total. The number of carbonyl (C=O) groups is 1. The van der Waals surface area contributed by atoms with Crippen molar-refractivity contribution in [3.63, 3.8) is 0 Å². The van der Waals surface area contributed by atoms with Crippen LogP contribution >= 0.6 is 0 Å². The Kier molecular flexibility index (Phi) is 3.78. The first-order chi connectivity index (χ1) is 9.76. The van der Waals surface area contributed by atoms with Gasteiger partial charge in [-0.25, -0.2) is 0 Å². The minimum atomic E-state index is -0.461. The van der Waals surface area contributed by atoms with Gasteiger partial charge in [0, 0.05) is 25.5 Å². The minimum absolute atomic E-state index is 0.277. The number of likely N-dealkylation sites (tertiary alicyclic amines) is 1. The molecule has 0 aliphatic carbocycles. The summed E-state index contributed by atoms with van der Waals surface area (Å²) in [5.74, 6) is 0.953. The van der Waals surface area contributed by atoms with E-state index in [4.69, 9.17) is 0 Å². The van der Waals surface area contributed by atoms with E-state index in [0.717, 1.165) is 45.4 Å². The number of carbonyl (C=O) groups excluding carboxylic acids is 1. The molecule has 1 aromatic heterocycles. The van der Waals surface area contributed by atoms with Crippen molar-refractivity contribution < 1.29 is 4.79 Å². The number of amides is 1.